The van der Waals surface area contributed by atoms with Crippen molar-refractivity contribution in [3.63, 3.8) is 0 Å². The van der Waals surface area contributed by atoms with Gasteiger partial charge in [-0.05, 0) is 56.5 Å². The van der Waals surface area contributed by atoms with Gasteiger partial charge in [0.15, 0.2) is 0 Å². The molecule has 1 atom stereocenters. The van der Waals surface area contributed by atoms with Gasteiger partial charge >= 0.3 is 0 Å². The van der Waals surface area contributed by atoms with E-state index >= 15 is 0 Å². The maximum atomic E-state index is 5.28. The topological polar surface area (TPSA) is 33.3 Å². The molecule has 0 saturated carbocycles. The molecule has 2 N–H and O–H groups in total. The van der Waals surface area contributed by atoms with Gasteiger partial charge in [0, 0.05) is 12.6 Å². The van der Waals surface area contributed by atoms with Gasteiger partial charge in [-0.15, -0.1) is 0 Å². The first-order valence-electron chi connectivity index (χ1n) is 7.37. The van der Waals surface area contributed by atoms with Crippen molar-refractivity contribution in [3.05, 3.63) is 29.3 Å². The summed E-state index contributed by atoms with van der Waals surface area (Å²) in [4.78, 5) is 0. The molecule has 0 amide bonds. The molecule has 1 unspecified atom stereocenters. The number of benzene rings is 1. The van der Waals surface area contributed by atoms with Crippen molar-refractivity contribution in [3.8, 4) is 5.75 Å². The summed E-state index contributed by atoms with van der Waals surface area (Å²) < 4.78 is 5.28. The van der Waals surface area contributed by atoms with Crippen molar-refractivity contribution in [2.75, 3.05) is 20.2 Å². The molecule has 1 fully saturated rings. The van der Waals surface area contributed by atoms with Gasteiger partial charge in [0.25, 0.3) is 0 Å². The Balaban J connectivity index is 1.69. The largest absolute Gasteiger partial charge is 0.496 e. The Hall–Kier alpha value is -1.06. The monoisotopic (exact) mass is 262 g/mol. The van der Waals surface area contributed by atoms with Gasteiger partial charge in [0.2, 0.25) is 0 Å². The van der Waals surface area contributed by atoms with Crippen LogP contribution in [0.1, 0.15) is 36.8 Å². The molecule has 106 valence electrons. The van der Waals surface area contributed by atoms with Crippen LogP contribution < -0.4 is 15.4 Å². The number of hydrogen-bond donors (Lipinski definition) is 2. The molecule has 1 aliphatic rings. The summed E-state index contributed by atoms with van der Waals surface area (Å²) in [6.07, 6.45) is 5.29. The van der Waals surface area contributed by atoms with E-state index in [1.807, 2.05) is 0 Å². The first-order valence-corrected chi connectivity index (χ1v) is 7.37. The molecule has 0 aliphatic carbocycles. The van der Waals surface area contributed by atoms with Crippen LogP contribution in [0.25, 0.3) is 0 Å². The molecule has 0 bridgehead atoms. The third kappa shape index (κ3) is 4.51. The zero-order chi connectivity index (χ0) is 13.5. The lowest BCUT2D eigenvalue weighted by molar-refractivity contribution is 0.376. The van der Waals surface area contributed by atoms with Crippen molar-refractivity contribution in [1.82, 2.24) is 10.6 Å². The maximum Gasteiger partial charge on any atom is 0.121 e. The molecule has 1 aromatic carbocycles. The molecule has 0 radical (unpaired) electrons. The molecular weight excluding hydrogens is 236 g/mol. The minimum Gasteiger partial charge on any atom is -0.496 e. The SMILES string of the molecule is COc1ccc(CNCCC2CCCCN2)cc1C. The highest BCUT2D eigenvalue weighted by Crippen LogP contribution is 2.18. The molecule has 3 nitrogen and oxygen atoms in total. The Labute approximate surface area is 116 Å². The highest BCUT2D eigenvalue weighted by atomic mass is 16.5. The van der Waals surface area contributed by atoms with Crippen molar-refractivity contribution in [2.24, 2.45) is 0 Å². The first kappa shape index (κ1) is 14.4. The van der Waals surface area contributed by atoms with Gasteiger partial charge in [-0.2, -0.15) is 0 Å². The molecule has 2 rings (SSSR count). The third-order valence-corrected chi connectivity index (χ3v) is 3.87. The minimum atomic E-state index is 0.721. The normalized spacial score (nSPS) is 19.4. The second-order valence-corrected chi connectivity index (χ2v) is 5.42. The summed E-state index contributed by atoms with van der Waals surface area (Å²) in [5.41, 5.74) is 2.53. The summed E-state index contributed by atoms with van der Waals surface area (Å²) in [5, 5.41) is 7.12. The fraction of sp³-hybridized carbons (Fsp3) is 0.625. The van der Waals surface area contributed by atoms with Crippen molar-refractivity contribution in [1.29, 1.82) is 0 Å². The highest BCUT2D eigenvalue weighted by Gasteiger charge is 2.11. The molecule has 1 saturated heterocycles. The molecule has 1 heterocycles. The third-order valence-electron chi connectivity index (χ3n) is 3.87. The quantitative estimate of drug-likeness (QED) is 0.773. The minimum absolute atomic E-state index is 0.721. The summed E-state index contributed by atoms with van der Waals surface area (Å²) in [6.45, 7) is 5.32. The number of ether oxygens (including phenoxy) is 1. The van der Waals surface area contributed by atoms with E-state index in [9.17, 15) is 0 Å². The van der Waals surface area contributed by atoms with E-state index in [0.717, 1.165) is 24.9 Å². The zero-order valence-electron chi connectivity index (χ0n) is 12.2. The molecule has 0 spiro atoms. The summed E-state index contributed by atoms with van der Waals surface area (Å²) in [6, 6.07) is 7.11. The molecule has 19 heavy (non-hydrogen) atoms. The number of piperidine rings is 1. The Bertz CT molecular complexity index is 386. The average Bonchev–Trinajstić information content (AvgIpc) is 2.45. The second kappa shape index (κ2) is 7.51. The summed E-state index contributed by atoms with van der Waals surface area (Å²) in [7, 11) is 1.72. The van der Waals surface area contributed by atoms with E-state index in [-0.39, 0.29) is 0 Å². The van der Waals surface area contributed by atoms with Crippen LogP contribution in [0, 0.1) is 6.92 Å². The number of methoxy groups -OCH3 is 1. The van der Waals surface area contributed by atoms with Crippen LogP contribution >= 0.6 is 0 Å². The van der Waals surface area contributed by atoms with E-state index in [4.69, 9.17) is 4.74 Å². The van der Waals surface area contributed by atoms with Gasteiger partial charge in [0.05, 0.1) is 7.11 Å². The Morgan fingerprint density at radius 2 is 2.26 bits per heavy atom. The standard InChI is InChI=1S/C16H26N2O/c1-13-11-14(6-7-16(13)19-2)12-17-10-8-15-5-3-4-9-18-15/h6-7,11,15,17-18H,3-5,8-10,12H2,1-2H3. The van der Waals surface area contributed by atoms with Crippen LogP contribution in [-0.4, -0.2) is 26.2 Å². The van der Waals surface area contributed by atoms with E-state index in [1.165, 1.54) is 43.4 Å². The average molecular weight is 262 g/mol. The lowest BCUT2D eigenvalue weighted by Crippen LogP contribution is -2.36. The summed E-state index contributed by atoms with van der Waals surface area (Å²) in [5.74, 6) is 0.968. The van der Waals surface area contributed by atoms with Gasteiger partial charge < -0.3 is 15.4 Å². The van der Waals surface area contributed by atoms with Crippen LogP contribution in [0.4, 0.5) is 0 Å². The highest BCUT2D eigenvalue weighted by molar-refractivity contribution is 5.36. The Kier molecular flexibility index (Phi) is 5.67. The number of rotatable bonds is 6. The molecule has 0 aromatic heterocycles. The van der Waals surface area contributed by atoms with Crippen molar-refractivity contribution >= 4 is 0 Å². The lowest BCUT2D eigenvalue weighted by Gasteiger charge is -2.23. The maximum absolute atomic E-state index is 5.28. The van der Waals surface area contributed by atoms with E-state index in [2.05, 4.69) is 35.8 Å². The smallest absolute Gasteiger partial charge is 0.121 e. The van der Waals surface area contributed by atoms with Gasteiger partial charge in [-0.1, -0.05) is 18.6 Å². The molecule has 3 heteroatoms. The number of hydrogen-bond acceptors (Lipinski definition) is 3. The number of nitrogens with one attached hydrogen (secondary N) is 2. The van der Waals surface area contributed by atoms with Gasteiger partial charge in [-0.25, -0.2) is 0 Å². The van der Waals surface area contributed by atoms with E-state index in [0.29, 0.717) is 0 Å². The van der Waals surface area contributed by atoms with Crippen LogP contribution in [0.3, 0.4) is 0 Å². The van der Waals surface area contributed by atoms with Crippen molar-refractivity contribution in [2.45, 2.75) is 45.2 Å². The predicted octanol–water partition coefficient (Wildman–Crippen LogP) is 2.63. The fourth-order valence-corrected chi connectivity index (χ4v) is 2.73. The van der Waals surface area contributed by atoms with E-state index in [1.54, 1.807) is 7.11 Å². The molecule has 1 aliphatic heterocycles. The summed E-state index contributed by atoms with van der Waals surface area (Å²) >= 11 is 0. The van der Waals surface area contributed by atoms with Gasteiger partial charge in [-0.3, -0.25) is 0 Å². The number of aryl methyl sites for hydroxylation is 1. The van der Waals surface area contributed by atoms with E-state index < -0.39 is 0 Å². The van der Waals surface area contributed by atoms with Crippen LogP contribution in [0.15, 0.2) is 18.2 Å². The lowest BCUT2D eigenvalue weighted by atomic mass is 10.0. The Morgan fingerprint density at radius 3 is 2.95 bits per heavy atom. The first-order chi connectivity index (χ1) is 9.29. The van der Waals surface area contributed by atoms with Crippen LogP contribution in [0.2, 0.25) is 0 Å². The zero-order valence-corrected chi connectivity index (χ0v) is 12.2. The van der Waals surface area contributed by atoms with Crippen LogP contribution in [-0.2, 0) is 6.54 Å². The molecule has 1 aromatic rings. The van der Waals surface area contributed by atoms with Crippen molar-refractivity contribution < 1.29 is 4.74 Å². The predicted molar refractivity (Wildman–Crippen MR) is 79.7 cm³/mol. The fourth-order valence-electron chi connectivity index (χ4n) is 2.73. The van der Waals surface area contributed by atoms with Crippen LogP contribution in [0.5, 0.6) is 5.75 Å². The molecular formula is C16H26N2O. The second-order valence-electron chi connectivity index (χ2n) is 5.42. The van der Waals surface area contributed by atoms with Gasteiger partial charge in [0.1, 0.15) is 5.75 Å². The Morgan fingerprint density at radius 1 is 1.37 bits per heavy atom.